The van der Waals surface area contributed by atoms with Crippen molar-refractivity contribution in [1.82, 2.24) is 14.5 Å². The van der Waals surface area contributed by atoms with Gasteiger partial charge in [0.1, 0.15) is 0 Å². The van der Waals surface area contributed by atoms with Gasteiger partial charge in [0.2, 0.25) is 15.9 Å². The Hall–Kier alpha value is -2.10. The van der Waals surface area contributed by atoms with Crippen LogP contribution in [0.4, 0.5) is 5.69 Å². The van der Waals surface area contributed by atoms with E-state index in [9.17, 15) is 18.0 Å². The van der Waals surface area contributed by atoms with Gasteiger partial charge in [-0.05, 0) is 57.2 Å². The Labute approximate surface area is 214 Å². The molecule has 3 rings (SSSR count). The van der Waals surface area contributed by atoms with Crippen molar-refractivity contribution >= 4 is 39.1 Å². The first-order valence-electron chi connectivity index (χ1n) is 12.1. The van der Waals surface area contributed by atoms with Crippen LogP contribution in [0.15, 0.2) is 23.9 Å². The Morgan fingerprint density at radius 1 is 1.23 bits per heavy atom. The van der Waals surface area contributed by atoms with Crippen LogP contribution in [-0.2, 0) is 14.8 Å². The van der Waals surface area contributed by atoms with Gasteiger partial charge in [-0.2, -0.15) is 0 Å². The number of carbonyl (C=O) groups is 2. The minimum atomic E-state index is -3.20. The summed E-state index contributed by atoms with van der Waals surface area (Å²) in [6.07, 6.45) is 4.70. The van der Waals surface area contributed by atoms with Crippen molar-refractivity contribution in [3.63, 3.8) is 0 Å². The second-order valence-corrected chi connectivity index (χ2v) is 12.1. The van der Waals surface area contributed by atoms with E-state index in [1.54, 1.807) is 18.0 Å². The van der Waals surface area contributed by atoms with Crippen molar-refractivity contribution in [1.29, 1.82) is 0 Å². The molecule has 1 N–H and O–H groups in total. The quantitative estimate of drug-likeness (QED) is 0.591. The largest absolute Gasteiger partial charge is 0.368 e. The molecule has 10 heteroatoms. The van der Waals surface area contributed by atoms with Gasteiger partial charge >= 0.3 is 0 Å². The molecule has 1 aromatic rings. The normalized spacial score (nSPS) is 22.2. The monoisotopic (exact) mass is 524 g/mol. The van der Waals surface area contributed by atoms with Gasteiger partial charge in [0.25, 0.3) is 5.91 Å². The van der Waals surface area contributed by atoms with Crippen LogP contribution in [0.1, 0.15) is 49.5 Å². The highest BCUT2D eigenvalue weighted by Gasteiger charge is 2.33. The number of sulfonamides is 1. The molecule has 2 amide bonds. The highest BCUT2D eigenvalue weighted by atomic mass is 35.5. The lowest BCUT2D eigenvalue weighted by Crippen LogP contribution is -2.47. The van der Waals surface area contributed by atoms with Gasteiger partial charge in [0.15, 0.2) is 0 Å². The van der Waals surface area contributed by atoms with E-state index in [4.69, 9.17) is 11.6 Å². The number of rotatable bonds is 7. The number of halogens is 1. The van der Waals surface area contributed by atoms with E-state index in [1.807, 2.05) is 33.8 Å². The van der Waals surface area contributed by atoms with Crippen molar-refractivity contribution in [3.05, 3.63) is 40.1 Å². The number of benzene rings is 1. The van der Waals surface area contributed by atoms with Crippen LogP contribution in [0.2, 0.25) is 5.02 Å². The van der Waals surface area contributed by atoms with E-state index in [0.29, 0.717) is 43.1 Å². The third kappa shape index (κ3) is 6.01. The summed E-state index contributed by atoms with van der Waals surface area (Å²) in [5, 5.41) is 3.41. The zero-order chi connectivity index (χ0) is 26.1. The molecular weight excluding hydrogens is 488 g/mol. The van der Waals surface area contributed by atoms with Crippen LogP contribution in [-0.4, -0.2) is 75.0 Å². The Kier molecular flexibility index (Phi) is 8.55. The molecule has 0 radical (unpaired) electrons. The fraction of sp³-hybridized carbons (Fsp3) is 0.600. The highest BCUT2D eigenvalue weighted by Crippen LogP contribution is 2.32. The molecular formula is C25H37ClN4O4S. The summed E-state index contributed by atoms with van der Waals surface area (Å²) in [5.41, 5.74) is 3.09. The highest BCUT2D eigenvalue weighted by molar-refractivity contribution is 7.88. The topological polar surface area (TPSA) is 90.0 Å². The maximum Gasteiger partial charge on any atom is 0.251 e. The van der Waals surface area contributed by atoms with Gasteiger partial charge in [-0.15, -0.1) is 0 Å². The molecule has 2 heterocycles. The molecule has 0 bridgehead atoms. The van der Waals surface area contributed by atoms with E-state index in [-0.39, 0.29) is 36.2 Å². The fourth-order valence-electron chi connectivity index (χ4n) is 5.14. The van der Waals surface area contributed by atoms with Crippen LogP contribution in [0, 0.1) is 18.8 Å². The van der Waals surface area contributed by atoms with Gasteiger partial charge in [0.05, 0.1) is 12.2 Å². The number of anilines is 1. The molecule has 194 valence electrons. The number of nitrogens with one attached hydrogen (secondary N) is 1. The SMILES string of the molecule is CCN(c1cc(Cl)cc(C(=O)NCC2C(=O)N(C)C(C)=CC2C)c1C)C1CCN(S(C)(=O)=O)CC1. The number of hydrogen-bond acceptors (Lipinski definition) is 5. The summed E-state index contributed by atoms with van der Waals surface area (Å²) in [6.45, 7) is 9.75. The average Bonchev–Trinajstić information content (AvgIpc) is 2.79. The van der Waals surface area contributed by atoms with Crippen molar-refractivity contribution in [2.45, 2.75) is 46.6 Å². The number of piperidine rings is 1. The van der Waals surface area contributed by atoms with Crippen molar-refractivity contribution < 1.29 is 18.0 Å². The van der Waals surface area contributed by atoms with Crippen molar-refractivity contribution in [3.8, 4) is 0 Å². The Balaban J connectivity index is 1.78. The van der Waals surface area contributed by atoms with E-state index in [2.05, 4.69) is 16.3 Å². The summed E-state index contributed by atoms with van der Waals surface area (Å²) in [5.74, 6) is -0.552. The molecule has 1 saturated heterocycles. The van der Waals surface area contributed by atoms with Gasteiger partial charge in [-0.1, -0.05) is 24.6 Å². The van der Waals surface area contributed by atoms with Crippen LogP contribution in [0.5, 0.6) is 0 Å². The van der Waals surface area contributed by atoms with E-state index >= 15 is 0 Å². The Bertz CT molecular complexity index is 1110. The second kappa shape index (κ2) is 10.9. The van der Waals surface area contributed by atoms with E-state index in [1.165, 1.54) is 10.6 Å². The molecule has 2 aliphatic heterocycles. The van der Waals surface area contributed by atoms with Crippen LogP contribution < -0.4 is 10.2 Å². The molecule has 0 saturated carbocycles. The summed E-state index contributed by atoms with van der Waals surface area (Å²) < 4.78 is 25.3. The third-order valence-corrected chi connectivity index (χ3v) is 8.89. The third-order valence-electron chi connectivity index (χ3n) is 7.37. The molecule has 2 unspecified atom stereocenters. The molecule has 0 spiro atoms. The van der Waals surface area contributed by atoms with Gasteiger partial charge in [0, 0.05) is 61.2 Å². The molecule has 8 nitrogen and oxygen atoms in total. The van der Waals surface area contributed by atoms with Gasteiger partial charge < -0.3 is 15.1 Å². The van der Waals surface area contributed by atoms with Gasteiger partial charge in [-0.3, -0.25) is 9.59 Å². The molecule has 0 aliphatic carbocycles. The second-order valence-electron chi connectivity index (χ2n) is 9.66. The summed E-state index contributed by atoms with van der Waals surface area (Å²) in [6, 6.07) is 3.69. The Morgan fingerprint density at radius 3 is 2.43 bits per heavy atom. The number of allylic oxidation sites excluding steroid dienone is 2. The number of hydrogen-bond donors (Lipinski definition) is 1. The lowest BCUT2D eigenvalue weighted by atomic mass is 9.88. The molecule has 1 fully saturated rings. The molecule has 35 heavy (non-hydrogen) atoms. The first-order chi connectivity index (χ1) is 16.3. The number of nitrogens with zero attached hydrogens (tertiary/aromatic N) is 3. The lowest BCUT2D eigenvalue weighted by Gasteiger charge is -2.39. The smallest absolute Gasteiger partial charge is 0.251 e. The summed E-state index contributed by atoms with van der Waals surface area (Å²) in [4.78, 5) is 29.8. The minimum Gasteiger partial charge on any atom is -0.368 e. The molecule has 2 aliphatic rings. The first-order valence-corrected chi connectivity index (χ1v) is 14.3. The van der Waals surface area contributed by atoms with E-state index in [0.717, 1.165) is 16.9 Å². The zero-order valence-electron chi connectivity index (χ0n) is 21.5. The first kappa shape index (κ1) is 27.5. The van der Waals surface area contributed by atoms with Crippen LogP contribution in [0.25, 0.3) is 0 Å². The summed E-state index contributed by atoms with van der Waals surface area (Å²) in [7, 11) is -1.45. The number of carbonyl (C=O) groups excluding carboxylic acids is 2. The lowest BCUT2D eigenvalue weighted by molar-refractivity contribution is -0.134. The maximum absolute atomic E-state index is 13.2. The molecule has 1 aromatic carbocycles. The van der Waals surface area contributed by atoms with E-state index < -0.39 is 10.0 Å². The molecule has 2 atom stereocenters. The van der Waals surface area contributed by atoms with Crippen LogP contribution in [0.3, 0.4) is 0 Å². The van der Waals surface area contributed by atoms with Crippen molar-refractivity contribution in [2.24, 2.45) is 11.8 Å². The van der Waals surface area contributed by atoms with Gasteiger partial charge in [-0.25, -0.2) is 12.7 Å². The predicted molar refractivity (Wildman–Crippen MR) is 140 cm³/mol. The van der Waals surface area contributed by atoms with Crippen molar-refractivity contribution in [2.75, 3.05) is 44.4 Å². The average molecular weight is 525 g/mol. The maximum atomic E-state index is 13.2. The minimum absolute atomic E-state index is 0.00102. The predicted octanol–water partition coefficient (Wildman–Crippen LogP) is 3.26. The summed E-state index contributed by atoms with van der Waals surface area (Å²) >= 11 is 6.46. The number of amides is 2. The zero-order valence-corrected chi connectivity index (χ0v) is 23.0. The van der Waals surface area contributed by atoms with Crippen LogP contribution >= 0.6 is 11.6 Å². The standard InChI is InChI=1S/C25H37ClN4O4S/c1-7-30(20-8-10-29(11-9-20)35(6,33)34)23-14-19(26)13-21(18(23)4)24(31)27-15-22-16(2)12-17(3)28(5)25(22)32/h12-14,16,20,22H,7-11,15H2,1-6H3,(H,27,31). The molecule has 0 aromatic heterocycles. The Morgan fingerprint density at radius 2 is 1.86 bits per heavy atom. The fourth-order valence-corrected chi connectivity index (χ4v) is 6.22.